The van der Waals surface area contributed by atoms with Gasteiger partial charge in [-0.2, -0.15) is 0 Å². The standard InChI is InChI=1S/C13H17N3O4S/c1-8-4-12(19-3)13(6-11(8)14)21(17,18)15-7-10-5-9(2)16-20-10/h4-6,15H,7,14H2,1-3H3. The quantitative estimate of drug-likeness (QED) is 0.807. The smallest absolute Gasteiger partial charge is 0.244 e. The van der Waals surface area contributed by atoms with E-state index in [9.17, 15) is 8.42 Å². The number of aryl methyl sites for hydroxylation is 2. The van der Waals surface area contributed by atoms with Crippen LogP contribution in [0.5, 0.6) is 5.75 Å². The molecule has 0 amide bonds. The fourth-order valence-corrected chi connectivity index (χ4v) is 2.97. The Hall–Kier alpha value is -2.06. The number of rotatable bonds is 5. The van der Waals surface area contributed by atoms with Crippen molar-refractivity contribution in [2.75, 3.05) is 12.8 Å². The van der Waals surface area contributed by atoms with E-state index in [1.165, 1.54) is 13.2 Å². The van der Waals surface area contributed by atoms with E-state index in [2.05, 4.69) is 9.88 Å². The van der Waals surface area contributed by atoms with Gasteiger partial charge in [0.2, 0.25) is 10.0 Å². The Kier molecular flexibility index (Phi) is 4.19. The minimum atomic E-state index is -3.77. The van der Waals surface area contributed by atoms with E-state index in [1.54, 1.807) is 26.0 Å². The van der Waals surface area contributed by atoms with Crippen molar-refractivity contribution in [3.8, 4) is 5.75 Å². The molecular formula is C13H17N3O4S. The third-order valence-electron chi connectivity index (χ3n) is 2.96. The Morgan fingerprint density at radius 2 is 2.05 bits per heavy atom. The molecule has 0 aliphatic heterocycles. The normalized spacial score (nSPS) is 11.6. The fourth-order valence-electron chi connectivity index (χ4n) is 1.79. The average molecular weight is 311 g/mol. The van der Waals surface area contributed by atoms with Crippen LogP contribution in [-0.2, 0) is 16.6 Å². The van der Waals surface area contributed by atoms with Crippen molar-refractivity contribution >= 4 is 15.7 Å². The maximum absolute atomic E-state index is 12.3. The first-order chi connectivity index (χ1) is 9.83. The van der Waals surface area contributed by atoms with E-state index in [0.29, 0.717) is 17.1 Å². The molecule has 0 aliphatic carbocycles. The van der Waals surface area contributed by atoms with Crippen molar-refractivity contribution < 1.29 is 17.7 Å². The number of anilines is 1. The van der Waals surface area contributed by atoms with Crippen LogP contribution in [0.4, 0.5) is 5.69 Å². The molecule has 3 N–H and O–H groups in total. The minimum Gasteiger partial charge on any atom is -0.495 e. The largest absolute Gasteiger partial charge is 0.495 e. The van der Waals surface area contributed by atoms with Crippen molar-refractivity contribution in [3.05, 3.63) is 35.2 Å². The highest BCUT2D eigenvalue weighted by molar-refractivity contribution is 7.89. The molecule has 114 valence electrons. The van der Waals surface area contributed by atoms with Crippen molar-refractivity contribution in [1.29, 1.82) is 0 Å². The maximum atomic E-state index is 12.3. The van der Waals surface area contributed by atoms with Gasteiger partial charge in [0, 0.05) is 11.8 Å². The zero-order valence-corrected chi connectivity index (χ0v) is 12.8. The summed E-state index contributed by atoms with van der Waals surface area (Å²) in [6, 6.07) is 4.62. The second-order valence-corrected chi connectivity index (χ2v) is 6.35. The molecule has 2 aromatic rings. The van der Waals surface area contributed by atoms with Crippen molar-refractivity contribution in [2.24, 2.45) is 0 Å². The molecule has 8 heteroatoms. The van der Waals surface area contributed by atoms with Crippen molar-refractivity contribution in [3.63, 3.8) is 0 Å². The van der Waals surface area contributed by atoms with E-state index in [0.717, 1.165) is 5.56 Å². The van der Waals surface area contributed by atoms with Crippen LogP contribution in [0.25, 0.3) is 0 Å². The summed E-state index contributed by atoms with van der Waals surface area (Å²) < 4.78 is 37.2. The Balaban J connectivity index is 2.28. The van der Waals surface area contributed by atoms with Gasteiger partial charge in [-0.1, -0.05) is 5.16 Å². The number of nitrogen functional groups attached to an aromatic ring is 1. The van der Waals surface area contributed by atoms with Gasteiger partial charge in [-0.25, -0.2) is 13.1 Å². The molecule has 0 aliphatic rings. The Labute approximate surface area is 123 Å². The van der Waals surface area contributed by atoms with Gasteiger partial charge >= 0.3 is 0 Å². The second kappa shape index (κ2) is 5.74. The van der Waals surface area contributed by atoms with Crippen LogP contribution in [0, 0.1) is 13.8 Å². The molecule has 0 radical (unpaired) electrons. The molecule has 0 unspecified atom stereocenters. The number of nitrogens with two attached hydrogens (primary N) is 1. The summed E-state index contributed by atoms with van der Waals surface area (Å²) in [7, 11) is -2.37. The lowest BCUT2D eigenvalue weighted by molar-refractivity contribution is 0.376. The summed E-state index contributed by atoms with van der Waals surface area (Å²) in [6.07, 6.45) is 0. The highest BCUT2D eigenvalue weighted by atomic mass is 32.2. The molecular weight excluding hydrogens is 294 g/mol. The molecule has 2 rings (SSSR count). The lowest BCUT2D eigenvalue weighted by atomic mass is 10.2. The van der Waals surface area contributed by atoms with E-state index >= 15 is 0 Å². The summed E-state index contributed by atoms with van der Waals surface area (Å²) in [5.74, 6) is 0.665. The molecule has 7 nitrogen and oxygen atoms in total. The number of nitrogens with one attached hydrogen (secondary N) is 1. The Morgan fingerprint density at radius 1 is 1.33 bits per heavy atom. The SMILES string of the molecule is COc1cc(C)c(N)cc1S(=O)(=O)NCc1cc(C)no1. The number of nitrogens with zero attached hydrogens (tertiary/aromatic N) is 1. The van der Waals surface area contributed by atoms with Gasteiger partial charge in [0.1, 0.15) is 10.6 Å². The van der Waals surface area contributed by atoms with Gasteiger partial charge < -0.3 is 15.0 Å². The summed E-state index contributed by atoms with van der Waals surface area (Å²) in [4.78, 5) is -0.00987. The summed E-state index contributed by atoms with van der Waals surface area (Å²) in [6.45, 7) is 3.53. The summed E-state index contributed by atoms with van der Waals surface area (Å²) >= 11 is 0. The predicted molar refractivity (Wildman–Crippen MR) is 77.4 cm³/mol. The van der Waals surface area contributed by atoms with Crippen LogP contribution in [0.3, 0.4) is 0 Å². The lowest BCUT2D eigenvalue weighted by Crippen LogP contribution is -2.23. The first-order valence-corrected chi connectivity index (χ1v) is 7.68. The summed E-state index contributed by atoms with van der Waals surface area (Å²) in [5.41, 5.74) is 7.59. The average Bonchev–Trinajstić information content (AvgIpc) is 2.85. The lowest BCUT2D eigenvalue weighted by Gasteiger charge is -2.12. The fraction of sp³-hybridized carbons (Fsp3) is 0.308. The van der Waals surface area contributed by atoms with Crippen LogP contribution in [0.15, 0.2) is 27.6 Å². The monoisotopic (exact) mass is 311 g/mol. The third kappa shape index (κ3) is 3.34. The number of hydrogen-bond donors (Lipinski definition) is 2. The van der Waals surface area contributed by atoms with Gasteiger partial charge in [0.25, 0.3) is 0 Å². The van der Waals surface area contributed by atoms with E-state index in [1.807, 2.05) is 0 Å². The molecule has 0 fully saturated rings. The number of aromatic nitrogens is 1. The van der Waals surface area contributed by atoms with Gasteiger partial charge in [-0.3, -0.25) is 0 Å². The molecule has 1 aromatic heterocycles. The Morgan fingerprint density at radius 3 is 2.62 bits per heavy atom. The van der Waals surface area contributed by atoms with Crippen molar-refractivity contribution in [2.45, 2.75) is 25.3 Å². The zero-order chi connectivity index (χ0) is 15.6. The van der Waals surface area contributed by atoms with Crippen LogP contribution >= 0.6 is 0 Å². The molecule has 0 bridgehead atoms. The number of benzene rings is 1. The van der Waals surface area contributed by atoms with E-state index < -0.39 is 10.0 Å². The number of ether oxygens (including phenoxy) is 1. The number of methoxy groups -OCH3 is 1. The van der Waals surface area contributed by atoms with Crippen LogP contribution in [-0.4, -0.2) is 20.7 Å². The molecule has 21 heavy (non-hydrogen) atoms. The van der Waals surface area contributed by atoms with Crippen LogP contribution in [0.1, 0.15) is 17.0 Å². The van der Waals surface area contributed by atoms with Crippen LogP contribution < -0.4 is 15.2 Å². The summed E-state index contributed by atoms with van der Waals surface area (Å²) in [5, 5.41) is 3.69. The second-order valence-electron chi connectivity index (χ2n) is 4.62. The van der Waals surface area contributed by atoms with Gasteiger partial charge in [0.05, 0.1) is 19.3 Å². The molecule has 1 heterocycles. The maximum Gasteiger partial charge on any atom is 0.244 e. The number of sulfonamides is 1. The molecule has 1 aromatic carbocycles. The highest BCUT2D eigenvalue weighted by Gasteiger charge is 2.21. The number of hydrogen-bond acceptors (Lipinski definition) is 6. The van der Waals surface area contributed by atoms with Gasteiger partial charge in [0.15, 0.2) is 5.76 Å². The topological polar surface area (TPSA) is 107 Å². The van der Waals surface area contributed by atoms with E-state index in [4.69, 9.17) is 15.0 Å². The molecule has 0 saturated heterocycles. The molecule has 0 spiro atoms. The van der Waals surface area contributed by atoms with Gasteiger partial charge in [-0.05, 0) is 31.5 Å². The molecule has 0 saturated carbocycles. The third-order valence-corrected chi connectivity index (χ3v) is 4.38. The first kappa shape index (κ1) is 15.3. The Bertz CT molecular complexity index is 753. The first-order valence-electron chi connectivity index (χ1n) is 6.19. The van der Waals surface area contributed by atoms with Gasteiger partial charge in [-0.15, -0.1) is 0 Å². The van der Waals surface area contributed by atoms with E-state index in [-0.39, 0.29) is 17.2 Å². The minimum absolute atomic E-state index is 0.000108. The zero-order valence-electron chi connectivity index (χ0n) is 12.0. The van der Waals surface area contributed by atoms with Crippen molar-refractivity contribution in [1.82, 2.24) is 9.88 Å². The van der Waals surface area contributed by atoms with Crippen LogP contribution in [0.2, 0.25) is 0 Å². The predicted octanol–water partition coefficient (Wildman–Crippen LogP) is 1.36. The highest BCUT2D eigenvalue weighted by Crippen LogP contribution is 2.28. The molecule has 0 atom stereocenters.